The number of fused-ring (bicyclic) bond motifs is 1. The lowest BCUT2D eigenvalue weighted by Crippen LogP contribution is -2.27. The monoisotopic (exact) mass is 333 g/mol. The minimum absolute atomic E-state index is 0.0925. The van der Waals surface area contributed by atoms with Crippen LogP contribution in [0, 0.1) is 6.92 Å². The summed E-state index contributed by atoms with van der Waals surface area (Å²) < 4.78 is 36.2. The summed E-state index contributed by atoms with van der Waals surface area (Å²) in [6.07, 6.45) is 0.376. The second-order valence-corrected chi connectivity index (χ2v) is 7.17. The van der Waals surface area contributed by atoms with Gasteiger partial charge in [0.25, 0.3) is 0 Å². The molecule has 0 saturated heterocycles. The van der Waals surface area contributed by atoms with Crippen LogP contribution in [0.15, 0.2) is 47.4 Å². The number of amides is 1. The maximum absolute atomic E-state index is 12.8. The van der Waals surface area contributed by atoms with Crippen LogP contribution < -0.4 is 14.8 Å². The third-order valence-electron chi connectivity index (χ3n) is 3.58. The molecule has 7 heteroatoms. The van der Waals surface area contributed by atoms with E-state index in [0.717, 1.165) is 5.56 Å². The first-order valence-electron chi connectivity index (χ1n) is 6.92. The number of hydrogen-bond acceptors (Lipinski definition) is 5. The molecule has 1 N–H and O–H groups in total. The van der Waals surface area contributed by atoms with Crippen molar-refractivity contribution in [3.05, 3.63) is 53.6 Å². The lowest BCUT2D eigenvalue weighted by atomic mass is 10.2. The number of rotatable bonds is 5. The molecule has 1 heterocycles. The molecule has 0 radical (unpaired) electrons. The summed E-state index contributed by atoms with van der Waals surface area (Å²) in [5.41, 5.74) is 1.36. The third-order valence-corrected chi connectivity index (χ3v) is 5.54. The fraction of sp³-hybridized carbons (Fsp3) is 0.188. The average Bonchev–Trinajstić information content (AvgIpc) is 3.00. The molecule has 1 atom stereocenters. The smallest absolute Gasteiger partial charge is 0.231 e. The van der Waals surface area contributed by atoms with Crippen LogP contribution in [-0.4, -0.2) is 21.6 Å². The highest BCUT2D eigenvalue weighted by molar-refractivity contribution is 7.91. The van der Waals surface area contributed by atoms with Crippen LogP contribution >= 0.6 is 0 Å². The summed E-state index contributed by atoms with van der Waals surface area (Å²) in [5.74, 6) is 1.01. The number of carbonyl (C=O) groups is 1. The first kappa shape index (κ1) is 15.4. The Hall–Kier alpha value is -2.54. The van der Waals surface area contributed by atoms with Gasteiger partial charge in [0.1, 0.15) is 0 Å². The molecule has 3 rings (SSSR count). The van der Waals surface area contributed by atoms with Crippen LogP contribution in [0.2, 0.25) is 0 Å². The number of carbonyl (C=O) groups excluding carboxylic acids is 1. The van der Waals surface area contributed by atoms with Crippen LogP contribution in [0.4, 0.5) is 0 Å². The lowest BCUT2D eigenvalue weighted by Gasteiger charge is -2.18. The lowest BCUT2D eigenvalue weighted by molar-refractivity contribution is -0.109. The maximum atomic E-state index is 12.8. The van der Waals surface area contributed by atoms with Crippen molar-refractivity contribution in [2.24, 2.45) is 0 Å². The molecule has 23 heavy (non-hydrogen) atoms. The Labute approximate surface area is 134 Å². The van der Waals surface area contributed by atoms with Gasteiger partial charge in [-0.25, -0.2) is 8.42 Å². The Morgan fingerprint density at radius 2 is 1.78 bits per heavy atom. The summed E-state index contributed by atoms with van der Waals surface area (Å²) in [5, 5.41) is 1.18. The normalized spacial score (nSPS) is 14.3. The van der Waals surface area contributed by atoms with E-state index in [2.05, 4.69) is 5.32 Å². The van der Waals surface area contributed by atoms with Crippen LogP contribution in [0.3, 0.4) is 0 Å². The fourth-order valence-electron chi connectivity index (χ4n) is 2.37. The molecular formula is C16H15NO5S. The molecule has 0 bridgehead atoms. The second kappa shape index (κ2) is 5.92. The van der Waals surface area contributed by atoms with Gasteiger partial charge >= 0.3 is 0 Å². The fourth-order valence-corrected chi connectivity index (χ4v) is 3.89. The number of nitrogens with one attached hydrogen (secondary N) is 1. The van der Waals surface area contributed by atoms with Gasteiger partial charge in [0.15, 0.2) is 16.9 Å². The molecular weight excluding hydrogens is 318 g/mol. The van der Waals surface area contributed by atoms with Gasteiger partial charge in [0.2, 0.25) is 23.0 Å². The zero-order valence-electron chi connectivity index (χ0n) is 12.4. The van der Waals surface area contributed by atoms with Crippen LogP contribution in [0.25, 0.3) is 0 Å². The first-order valence-corrected chi connectivity index (χ1v) is 8.47. The van der Waals surface area contributed by atoms with Gasteiger partial charge < -0.3 is 14.8 Å². The highest BCUT2D eigenvalue weighted by atomic mass is 32.2. The van der Waals surface area contributed by atoms with Crippen LogP contribution in [0.1, 0.15) is 16.5 Å². The summed E-state index contributed by atoms with van der Waals surface area (Å²) in [7, 11) is -3.79. The number of sulfone groups is 1. The van der Waals surface area contributed by atoms with Gasteiger partial charge in [0.05, 0.1) is 4.90 Å². The molecule has 0 aliphatic carbocycles. The van der Waals surface area contributed by atoms with E-state index in [-0.39, 0.29) is 11.7 Å². The highest BCUT2D eigenvalue weighted by Gasteiger charge is 2.30. The van der Waals surface area contributed by atoms with E-state index in [9.17, 15) is 13.2 Å². The van der Waals surface area contributed by atoms with Crippen molar-refractivity contribution in [2.45, 2.75) is 17.2 Å². The zero-order valence-corrected chi connectivity index (χ0v) is 13.2. The number of ether oxygens (including phenoxy) is 2. The van der Waals surface area contributed by atoms with E-state index in [1.807, 2.05) is 6.92 Å². The van der Waals surface area contributed by atoms with Crippen molar-refractivity contribution in [3.8, 4) is 11.5 Å². The molecule has 0 saturated carbocycles. The van der Waals surface area contributed by atoms with E-state index >= 15 is 0 Å². The Kier molecular flexibility index (Phi) is 3.96. The summed E-state index contributed by atoms with van der Waals surface area (Å²) in [6.45, 7) is 1.96. The Morgan fingerprint density at radius 1 is 1.09 bits per heavy atom. The van der Waals surface area contributed by atoms with Gasteiger partial charge in [-0.2, -0.15) is 0 Å². The molecule has 6 nitrogen and oxygen atoms in total. The van der Waals surface area contributed by atoms with Crippen molar-refractivity contribution >= 4 is 16.2 Å². The van der Waals surface area contributed by atoms with Gasteiger partial charge in [0, 0.05) is 0 Å². The molecule has 0 fully saturated rings. The van der Waals surface area contributed by atoms with Crippen molar-refractivity contribution in [1.29, 1.82) is 0 Å². The summed E-state index contributed by atoms with van der Waals surface area (Å²) in [6, 6.07) is 11.3. The predicted octanol–water partition coefficient (Wildman–Crippen LogP) is 1.94. The van der Waals surface area contributed by atoms with E-state index in [0.29, 0.717) is 23.5 Å². The van der Waals surface area contributed by atoms with Crippen molar-refractivity contribution in [2.75, 3.05) is 6.79 Å². The van der Waals surface area contributed by atoms with Crippen molar-refractivity contribution < 1.29 is 22.7 Å². The number of aryl methyl sites for hydroxylation is 1. The number of benzene rings is 2. The SMILES string of the molecule is Cc1ccc(S(=O)(=O)C(NC=O)c2ccc3c(c2)OCO3)cc1. The number of hydrogen-bond donors (Lipinski definition) is 1. The molecule has 1 aliphatic heterocycles. The minimum Gasteiger partial charge on any atom is -0.454 e. The quantitative estimate of drug-likeness (QED) is 0.846. The molecule has 1 aliphatic rings. The Morgan fingerprint density at radius 3 is 2.48 bits per heavy atom. The third kappa shape index (κ3) is 2.87. The molecule has 0 spiro atoms. The first-order chi connectivity index (χ1) is 11.0. The zero-order chi connectivity index (χ0) is 16.4. The van der Waals surface area contributed by atoms with Crippen LogP contribution in [-0.2, 0) is 14.6 Å². The summed E-state index contributed by atoms with van der Waals surface area (Å²) in [4.78, 5) is 11.1. The van der Waals surface area contributed by atoms with E-state index < -0.39 is 15.2 Å². The maximum Gasteiger partial charge on any atom is 0.231 e. The average molecular weight is 333 g/mol. The van der Waals surface area contributed by atoms with Gasteiger partial charge in [-0.1, -0.05) is 23.8 Å². The molecule has 0 aromatic heterocycles. The largest absolute Gasteiger partial charge is 0.454 e. The predicted molar refractivity (Wildman–Crippen MR) is 82.9 cm³/mol. The van der Waals surface area contributed by atoms with Gasteiger partial charge in [-0.15, -0.1) is 0 Å². The topological polar surface area (TPSA) is 81.7 Å². The van der Waals surface area contributed by atoms with E-state index in [1.54, 1.807) is 30.3 Å². The Balaban J connectivity index is 2.04. The van der Waals surface area contributed by atoms with Crippen LogP contribution in [0.5, 0.6) is 11.5 Å². The van der Waals surface area contributed by atoms with Gasteiger partial charge in [-0.05, 0) is 36.8 Å². The molecule has 2 aromatic carbocycles. The van der Waals surface area contributed by atoms with Crippen molar-refractivity contribution in [3.63, 3.8) is 0 Å². The van der Waals surface area contributed by atoms with Gasteiger partial charge in [-0.3, -0.25) is 4.79 Å². The molecule has 1 amide bonds. The highest BCUT2D eigenvalue weighted by Crippen LogP contribution is 2.36. The van der Waals surface area contributed by atoms with E-state index in [1.165, 1.54) is 12.1 Å². The minimum atomic E-state index is -3.79. The van der Waals surface area contributed by atoms with Crippen molar-refractivity contribution in [1.82, 2.24) is 5.32 Å². The summed E-state index contributed by atoms with van der Waals surface area (Å²) >= 11 is 0. The van der Waals surface area contributed by atoms with E-state index in [4.69, 9.17) is 9.47 Å². The molecule has 120 valence electrons. The standard InChI is InChI=1S/C16H15NO5S/c1-11-2-5-13(6-3-11)23(19,20)16(17-9-18)12-4-7-14-15(8-12)22-10-21-14/h2-9,16H,10H2,1H3,(H,17,18). The Bertz CT molecular complexity index is 830. The molecule has 1 unspecified atom stereocenters. The molecule has 2 aromatic rings. The second-order valence-electron chi connectivity index (χ2n) is 5.14.